The van der Waals surface area contributed by atoms with Crippen molar-refractivity contribution < 1.29 is 14.3 Å². The fourth-order valence-corrected chi connectivity index (χ4v) is 1.21. The van der Waals surface area contributed by atoms with Gasteiger partial charge in [-0.1, -0.05) is 0 Å². The molecule has 0 unspecified atom stereocenters. The molecule has 7 nitrogen and oxygen atoms in total. The number of aromatic nitrogens is 2. The Morgan fingerprint density at radius 3 is 2.47 bits per heavy atom. The van der Waals surface area contributed by atoms with Crippen LogP contribution in [0.2, 0.25) is 0 Å². The molecule has 0 aliphatic heterocycles. The van der Waals surface area contributed by atoms with E-state index < -0.39 is 0 Å². The zero-order chi connectivity index (χ0) is 12.7. The van der Waals surface area contributed by atoms with Crippen LogP contribution in [0, 0.1) is 0 Å². The molecule has 0 aromatic carbocycles. The van der Waals surface area contributed by atoms with Gasteiger partial charge in [0.1, 0.15) is 12.9 Å². The average Bonchev–Trinajstić information content (AvgIpc) is 2.36. The highest BCUT2D eigenvalue weighted by Crippen LogP contribution is 2.28. The number of rotatable bonds is 6. The molecule has 1 aromatic heterocycles. The van der Waals surface area contributed by atoms with Crippen molar-refractivity contribution >= 4 is 17.6 Å². The molecule has 0 radical (unpaired) electrons. The zero-order valence-corrected chi connectivity index (χ0v) is 10.1. The molecule has 94 valence electrons. The second-order valence-corrected chi connectivity index (χ2v) is 3.06. The molecule has 0 saturated carbocycles. The third kappa shape index (κ3) is 3.47. The maximum Gasteiger partial charge on any atom is 0.325 e. The Balaban J connectivity index is 2.83. The van der Waals surface area contributed by atoms with E-state index in [2.05, 4.69) is 25.3 Å². The van der Waals surface area contributed by atoms with Gasteiger partial charge in [-0.05, 0) is 6.92 Å². The van der Waals surface area contributed by atoms with Crippen molar-refractivity contribution in [2.24, 2.45) is 0 Å². The number of hydrogen-bond donors (Lipinski definition) is 2. The lowest BCUT2D eigenvalue weighted by Crippen LogP contribution is -2.17. The van der Waals surface area contributed by atoms with Crippen LogP contribution in [0.1, 0.15) is 6.92 Å². The average molecular weight is 240 g/mol. The summed E-state index contributed by atoms with van der Waals surface area (Å²) in [5, 5.41) is 5.86. The van der Waals surface area contributed by atoms with Gasteiger partial charge in [-0.25, -0.2) is 9.97 Å². The maximum absolute atomic E-state index is 11.0. The predicted molar refractivity (Wildman–Crippen MR) is 63.3 cm³/mol. The van der Waals surface area contributed by atoms with Gasteiger partial charge in [-0.2, -0.15) is 0 Å². The van der Waals surface area contributed by atoms with Crippen molar-refractivity contribution in [3.63, 3.8) is 0 Å². The third-order valence-corrected chi connectivity index (χ3v) is 1.98. The molecule has 1 heterocycles. The molecule has 0 atom stereocenters. The molecule has 7 heteroatoms. The molecule has 0 bridgehead atoms. The van der Waals surface area contributed by atoms with Gasteiger partial charge >= 0.3 is 5.97 Å². The number of esters is 1. The van der Waals surface area contributed by atoms with Gasteiger partial charge in [0, 0.05) is 6.54 Å². The van der Waals surface area contributed by atoms with E-state index in [4.69, 9.17) is 4.74 Å². The highest BCUT2D eigenvalue weighted by molar-refractivity contribution is 5.76. The second-order valence-electron chi connectivity index (χ2n) is 3.06. The quantitative estimate of drug-likeness (QED) is 0.700. The molecular weight excluding hydrogens is 224 g/mol. The number of anilines is 2. The first-order valence-corrected chi connectivity index (χ1v) is 5.16. The smallest absolute Gasteiger partial charge is 0.325 e. The Morgan fingerprint density at radius 1 is 1.29 bits per heavy atom. The van der Waals surface area contributed by atoms with Crippen LogP contribution >= 0.6 is 0 Å². The molecule has 0 amide bonds. The molecule has 0 saturated heterocycles. The van der Waals surface area contributed by atoms with Crippen LogP contribution in [0.3, 0.4) is 0 Å². The van der Waals surface area contributed by atoms with Crippen molar-refractivity contribution in [2.75, 3.05) is 37.9 Å². The van der Waals surface area contributed by atoms with Crippen LogP contribution in [0.15, 0.2) is 6.33 Å². The van der Waals surface area contributed by atoms with E-state index >= 15 is 0 Å². The molecule has 1 rings (SSSR count). The van der Waals surface area contributed by atoms with Crippen molar-refractivity contribution in [1.29, 1.82) is 0 Å². The van der Waals surface area contributed by atoms with Crippen LogP contribution in [-0.4, -0.2) is 43.2 Å². The summed E-state index contributed by atoms with van der Waals surface area (Å²) in [7, 11) is 2.84. The second kappa shape index (κ2) is 6.51. The zero-order valence-electron chi connectivity index (χ0n) is 10.1. The molecule has 17 heavy (non-hydrogen) atoms. The Hall–Kier alpha value is -2.05. The van der Waals surface area contributed by atoms with Gasteiger partial charge in [0.05, 0.1) is 14.2 Å². The van der Waals surface area contributed by atoms with Crippen LogP contribution in [0.4, 0.5) is 11.6 Å². The normalized spacial score (nSPS) is 9.59. The lowest BCUT2D eigenvalue weighted by atomic mass is 10.4. The Bertz CT molecular complexity index is 384. The molecule has 2 N–H and O–H groups in total. The summed E-state index contributed by atoms with van der Waals surface area (Å²) < 4.78 is 9.71. The van der Waals surface area contributed by atoms with E-state index in [1.165, 1.54) is 20.5 Å². The number of carbonyl (C=O) groups is 1. The monoisotopic (exact) mass is 240 g/mol. The van der Waals surface area contributed by atoms with Crippen molar-refractivity contribution in [1.82, 2.24) is 9.97 Å². The maximum atomic E-state index is 11.0. The van der Waals surface area contributed by atoms with Crippen LogP contribution in [0.25, 0.3) is 0 Å². The number of ether oxygens (including phenoxy) is 2. The number of nitrogens with one attached hydrogen (secondary N) is 2. The number of methoxy groups -OCH3 is 2. The third-order valence-electron chi connectivity index (χ3n) is 1.98. The molecule has 1 aromatic rings. The Morgan fingerprint density at radius 2 is 1.94 bits per heavy atom. The summed E-state index contributed by atoms with van der Waals surface area (Å²) in [6.07, 6.45) is 1.39. The van der Waals surface area contributed by atoms with E-state index in [0.717, 1.165) is 0 Å². The standard InChI is InChI=1S/C10H16N4O3/c1-4-11-9-8(17-3)10(14-6-13-9)12-5-7(15)16-2/h6H,4-5H2,1-3H3,(H2,11,12,13,14). The minimum Gasteiger partial charge on any atom is -0.490 e. The summed E-state index contributed by atoms with van der Waals surface area (Å²) >= 11 is 0. The van der Waals surface area contributed by atoms with Crippen LogP contribution in [0.5, 0.6) is 5.75 Å². The lowest BCUT2D eigenvalue weighted by Gasteiger charge is -2.12. The van der Waals surface area contributed by atoms with Gasteiger partial charge in [-0.3, -0.25) is 4.79 Å². The fourth-order valence-electron chi connectivity index (χ4n) is 1.21. The summed E-state index contributed by atoms with van der Waals surface area (Å²) in [5.41, 5.74) is 0. The van der Waals surface area contributed by atoms with Crippen LogP contribution in [-0.2, 0) is 9.53 Å². The van der Waals surface area contributed by atoms with Gasteiger partial charge in [-0.15, -0.1) is 0 Å². The first kappa shape index (κ1) is 13.0. The lowest BCUT2D eigenvalue weighted by molar-refractivity contribution is -0.138. The molecular formula is C10H16N4O3. The summed E-state index contributed by atoms with van der Waals surface area (Å²) in [6.45, 7) is 2.68. The van der Waals surface area contributed by atoms with Crippen molar-refractivity contribution in [2.45, 2.75) is 6.92 Å². The van der Waals surface area contributed by atoms with E-state index in [0.29, 0.717) is 23.9 Å². The van der Waals surface area contributed by atoms with Gasteiger partial charge < -0.3 is 20.1 Å². The van der Waals surface area contributed by atoms with E-state index in [9.17, 15) is 4.79 Å². The number of nitrogens with zero attached hydrogens (tertiary/aromatic N) is 2. The van der Waals surface area contributed by atoms with E-state index in [-0.39, 0.29) is 12.5 Å². The highest BCUT2D eigenvalue weighted by atomic mass is 16.5. The van der Waals surface area contributed by atoms with E-state index in [1.807, 2.05) is 6.92 Å². The Labute approximate surface area is 99.5 Å². The minimum atomic E-state index is -0.379. The summed E-state index contributed by atoms with van der Waals surface area (Å²) in [4.78, 5) is 19.1. The topological polar surface area (TPSA) is 85.4 Å². The first-order valence-electron chi connectivity index (χ1n) is 5.16. The van der Waals surface area contributed by atoms with Gasteiger partial charge in [0.15, 0.2) is 11.6 Å². The molecule has 0 aliphatic rings. The number of carbonyl (C=O) groups excluding carboxylic acids is 1. The van der Waals surface area contributed by atoms with Gasteiger partial charge in [0.25, 0.3) is 0 Å². The highest BCUT2D eigenvalue weighted by Gasteiger charge is 2.12. The molecule has 0 spiro atoms. The van der Waals surface area contributed by atoms with Crippen LogP contribution < -0.4 is 15.4 Å². The molecule has 0 fully saturated rings. The van der Waals surface area contributed by atoms with Crippen molar-refractivity contribution in [3.05, 3.63) is 6.33 Å². The molecule has 0 aliphatic carbocycles. The largest absolute Gasteiger partial charge is 0.490 e. The Kier molecular flexibility index (Phi) is 4.99. The minimum absolute atomic E-state index is 0.0233. The van der Waals surface area contributed by atoms with Crippen molar-refractivity contribution in [3.8, 4) is 5.75 Å². The first-order chi connectivity index (χ1) is 8.22. The SMILES string of the molecule is CCNc1ncnc(NCC(=O)OC)c1OC. The predicted octanol–water partition coefficient (Wildman–Crippen LogP) is 0.502. The van der Waals surface area contributed by atoms with E-state index in [1.54, 1.807) is 0 Å². The fraction of sp³-hybridized carbons (Fsp3) is 0.500. The van der Waals surface area contributed by atoms with Gasteiger partial charge in [0.2, 0.25) is 5.75 Å². The summed E-state index contributed by atoms with van der Waals surface area (Å²) in [5.74, 6) is 1.12. The summed E-state index contributed by atoms with van der Waals surface area (Å²) in [6, 6.07) is 0. The number of hydrogen-bond acceptors (Lipinski definition) is 7.